The zero-order valence-corrected chi connectivity index (χ0v) is 11.4. The van der Waals surface area contributed by atoms with Crippen molar-refractivity contribution in [1.29, 1.82) is 0 Å². The van der Waals surface area contributed by atoms with Crippen molar-refractivity contribution in [2.24, 2.45) is 0 Å². The predicted molar refractivity (Wildman–Crippen MR) is 78.1 cm³/mol. The predicted octanol–water partition coefficient (Wildman–Crippen LogP) is 1.85. The van der Waals surface area contributed by atoms with Crippen molar-refractivity contribution in [3.8, 4) is 17.0 Å². The summed E-state index contributed by atoms with van der Waals surface area (Å²) in [6.07, 6.45) is 3.15. The molecule has 0 spiro atoms. The Hall–Kier alpha value is -2.89. The molecule has 2 N–H and O–H groups in total. The highest BCUT2D eigenvalue weighted by atomic mass is 16.3. The molecule has 0 saturated carbocycles. The molecule has 0 saturated heterocycles. The molecule has 21 heavy (non-hydrogen) atoms. The lowest BCUT2D eigenvalue weighted by molar-refractivity contribution is 0.0957. The van der Waals surface area contributed by atoms with E-state index < -0.39 is 0 Å². The zero-order valence-electron chi connectivity index (χ0n) is 11.4. The third-order valence-electron chi connectivity index (χ3n) is 3.15. The Morgan fingerprint density at radius 2 is 2.05 bits per heavy atom. The van der Waals surface area contributed by atoms with Crippen molar-refractivity contribution < 1.29 is 9.90 Å². The quantitative estimate of drug-likeness (QED) is 0.768. The molecule has 0 radical (unpaired) electrons. The van der Waals surface area contributed by atoms with Gasteiger partial charge in [0.05, 0.1) is 11.9 Å². The van der Waals surface area contributed by atoms with E-state index in [1.165, 1.54) is 6.20 Å². The number of phenolic OH excluding ortho intramolecular Hbond substituents is 1. The molecule has 6 nitrogen and oxygen atoms in total. The molecule has 0 fully saturated rings. The van der Waals surface area contributed by atoms with Crippen LogP contribution in [0, 0.1) is 0 Å². The summed E-state index contributed by atoms with van der Waals surface area (Å²) in [5.41, 5.74) is 2.63. The van der Waals surface area contributed by atoms with Crippen LogP contribution in [0.1, 0.15) is 17.3 Å². The second kappa shape index (κ2) is 5.24. The maximum atomic E-state index is 12.0. The van der Waals surface area contributed by atoms with E-state index in [2.05, 4.69) is 15.4 Å². The van der Waals surface area contributed by atoms with Crippen LogP contribution >= 0.6 is 0 Å². The van der Waals surface area contributed by atoms with E-state index >= 15 is 0 Å². The summed E-state index contributed by atoms with van der Waals surface area (Å²) in [4.78, 5) is 16.2. The largest absolute Gasteiger partial charge is 0.508 e. The number of amides is 1. The highest BCUT2D eigenvalue weighted by molar-refractivity contribution is 5.99. The van der Waals surface area contributed by atoms with Gasteiger partial charge < -0.3 is 10.4 Å². The Labute approximate surface area is 121 Å². The number of aromatic nitrogens is 3. The van der Waals surface area contributed by atoms with Crippen LogP contribution in [-0.2, 0) is 0 Å². The van der Waals surface area contributed by atoms with Gasteiger partial charge in [0.15, 0.2) is 5.65 Å². The van der Waals surface area contributed by atoms with Crippen molar-refractivity contribution in [1.82, 2.24) is 19.9 Å². The molecular weight excluding hydrogens is 268 g/mol. The fourth-order valence-corrected chi connectivity index (χ4v) is 2.16. The van der Waals surface area contributed by atoms with Gasteiger partial charge in [-0.1, -0.05) is 0 Å². The van der Waals surface area contributed by atoms with Crippen LogP contribution in [0.4, 0.5) is 0 Å². The number of nitrogens with zero attached hydrogens (tertiary/aromatic N) is 3. The van der Waals surface area contributed by atoms with Crippen LogP contribution in [0.3, 0.4) is 0 Å². The maximum Gasteiger partial charge on any atom is 0.256 e. The first kappa shape index (κ1) is 13.1. The van der Waals surface area contributed by atoms with Crippen LogP contribution in [0.5, 0.6) is 5.75 Å². The second-order valence-corrected chi connectivity index (χ2v) is 4.53. The van der Waals surface area contributed by atoms with Gasteiger partial charge in [-0.25, -0.2) is 9.50 Å². The van der Waals surface area contributed by atoms with Gasteiger partial charge >= 0.3 is 0 Å². The van der Waals surface area contributed by atoms with E-state index in [-0.39, 0.29) is 11.7 Å². The van der Waals surface area contributed by atoms with E-state index in [0.717, 1.165) is 11.3 Å². The van der Waals surface area contributed by atoms with Crippen molar-refractivity contribution in [3.05, 3.63) is 48.3 Å². The van der Waals surface area contributed by atoms with E-state index in [9.17, 15) is 9.90 Å². The summed E-state index contributed by atoms with van der Waals surface area (Å²) < 4.78 is 1.62. The minimum absolute atomic E-state index is 0.192. The Morgan fingerprint density at radius 3 is 2.76 bits per heavy atom. The molecule has 6 heteroatoms. The first-order valence-corrected chi connectivity index (χ1v) is 6.61. The minimum Gasteiger partial charge on any atom is -0.508 e. The molecule has 1 aromatic carbocycles. The van der Waals surface area contributed by atoms with Crippen molar-refractivity contribution >= 4 is 11.6 Å². The molecular formula is C15H14N4O2. The number of hydrogen-bond acceptors (Lipinski definition) is 4. The molecule has 3 aromatic rings. The summed E-state index contributed by atoms with van der Waals surface area (Å²) in [5.74, 6) is 0.00961. The number of phenols is 1. The number of fused-ring (bicyclic) bond motifs is 1. The van der Waals surface area contributed by atoms with Gasteiger partial charge in [-0.2, -0.15) is 5.10 Å². The van der Waals surface area contributed by atoms with Gasteiger partial charge in [-0.3, -0.25) is 4.79 Å². The van der Waals surface area contributed by atoms with Crippen molar-refractivity contribution in [2.45, 2.75) is 6.92 Å². The fraction of sp³-hybridized carbons (Fsp3) is 0.133. The van der Waals surface area contributed by atoms with E-state index in [1.807, 2.05) is 13.0 Å². The van der Waals surface area contributed by atoms with Gasteiger partial charge in [-0.05, 0) is 37.3 Å². The molecule has 0 atom stereocenters. The highest BCUT2D eigenvalue weighted by Gasteiger charge is 2.15. The second-order valence-electron chi connectivity index (χ2n) is 4.53. The zero-order chi connectivity index (χ0) is 14.8. The first-order chi connectivity index (χ1) is 10.2. The summed E-state index contributed by atoms with van der Waals surface area (Å²) in [6, 6.07) is 8.61. The number of rotatable bonds is 3. The third-order valence-corrected chi connectivity index (χ3v) is 3.15. The van der Waals surface area contributed by atoms with E-state index in [4.69, 9.17) is 0 Å². The third kappa shape index (κ3) is 2.31. The Bertz CT molecular complexity index is 793. The standard InChI is InChI=1S/C15H14N4O2/c1-2-16-15(21)12-9-18-19-13(7-8-17-14(12)19)10-3-5-11(20)6-4-10/h3-9,20H,2H2,1H3,(H,16,21). The van der Waals surface area contributed by atoms with E-state index in [0.29, 0.717) is 17.8 Å². The van der Waals surface area contributed by atoms with Crippen molar-refractivity contribution in [2.75, 3.05) is 6.54 Å². The van der Waals surface area contributed by atoms with Crippen LogP contribution in [0.15, 0.2) is 42.7 Å². The lowest BCUT2D eigenvalue weighted by Crippen LogP contribution is -2.22. The lowest BCUT2D eigenvalue weighted by atomic mass is 10.1. The number of nitrogens with one attached hydrogen (secondary N) is 1. The van der Waals surface area contributed by atoms with Crippen LogP contribution in [-0.4, -0.2) is 32.2 Å². The summed E-state index contributed by atoms with van der Waals surface area (Å²) in [6.45, 7) is 2.41. The highest BCUT2D eigenvalue weighted by Crippen LogP contribution is 2.22. The smallest absolute Gasteiger partial charge is 0.256 e. The lowest BCUT2D eigenvalue weighted by Gasteiger charge is -2.05. The molecule has 1 amide bonds. The molecule has 0 aliphatic carbocycles. The first-order valence-electron chi connectivity index (χ1n) is 6.61. The molecule has 0 unspecified atom stereocenters. The van der Waals surface area contributed by atoms with Gasteiger partial charge in [0.1, 0.15) is 11.3 Å². The number of carbonyl (C=O) groups is 1. The number of hydrogen-bond donors (Lipinski definition) is 2. The monoisotopic (exact) mass is 282 g/mol. The molecule has 3 rings (SSSR count). The van der Waals surface area contributed by atoms with Gasteiger partial charge in [0.2, 0.25) is 0 Å². The Kier molecular flexibility index (Phi) is 3.27. The minimum atomic E-state index is -0.192. The molecule has 0 aliphatic heterocycles. The SMILES string of the molecule is CCNC(=O)c1cnn2c(-c3ccc(O)cc3)ccnc12. The number of aromatic hydroxyl groups is 1. The molecule has 0 aliphatic rings. The maximum absolute atomic E-state index is 12.0. The molecule has 2 aromatic heterocycles. The Morgan fingerprint density at radius 1 is 1.29 bits per heavy atom. The van der Waals surface area contributed by atoms with Crippen molar-refractivity contribution in [3.63, 3.8) is 0 Å². The molecule has 2 heterocycles. The fourth-order valence-electron chi connectivity index (χ4n) is 2.16. The van der Waals surface area contributed by atoms with Gasteiger partial charge in [0.25, 0.3) is 5.91 Å². The average molecular weight is 282 g/mol. The van der Waals surface area contributed by atoms with Gasteiger partial charge in [0, 0.05) is 18.3 Å². The topological polar surface area (TPSA) is 79.5 Å². The van der Waals surface area contributed by atoms with Gasteiger partial charge in [-0.15, -0.1) is 0 Å². The average Bonchev–Trinajstić information content (AvgIpc) is 2.92. The van der Waals surface area contributed by atoms with Crippen LogP contribution < -0.4 is 5.32 Å². The molecule has 106 valence electrons. The van der Waals surface area contributed by atoms with Crippen LogP contribution in [0.25, 0.3) is 16.9 Å². The molecule has 0 bridgehead atoms. The summed E-state index contributed by atoms with van der Waals surface area (Å²) in [7, 11) is 0. The number of benzene rings is 1. The normalized spacial score (nSPS) is 10.7. The van der Waals surface area contributed by atoms with Crippen LogP contribution in [0.2, 0.25) is 0 Å². The van der Waals surface area contributed by atoms with E-state index in [1.54, 1.807) is 35.0 Å². The summed E-state index contributed by atoms with van der Waals surface area (Å²) in [5, 5.41) is 16.4. The Balaban J connectivity index is 2.13. The number of carbonyl (C=O) groups excluding carboxylic acids is 1. The summed E-state index contributed by atoms with van der Waals surface area (Å²) >= 11 is 0.